The first-order valence-corrected chi connectivity index (χ1v) is 30.0. The second-order valence-corrected chi connectivity index (χ2v) is 22.7. The molecule has 0 bridgehead atoms. The van der Waals surface area contributed by atoms with Gasteiger partial charge in [0.15, 0.2) is 12.1 Å². The zero-order chi connectivity index (χ0) is 61.9. The monoisotopic (exact) mass is 1220 g/mol. The summed E-state index contributed by atoms with van der Waals surface area (Å²) in [6, 6.07) is 21.6. The van der Waals surface area contributed by atoms with Gasteiger partial charge in [0.1, 0.15) is 24.4 Å². The van der Waals surface area contributed by atoms with E-state index in [2.05, 4.69) is 26.6 Å². The number of ether oxygens (including phenoxy) is 4. The molecule has 26 heteroatoms. The molecule has 2 aliphatic rings. The van der Waals surface area contributed by atoms with Crippen LogP contribution < -0.4 is 26.6 Å². The lowest BCUT2D eigenvalue weighted by molar-refractivity contribution is -0.310. The van der Waals surface area contributed by atoms with Crippen molar-refractivity contribution in [3.63, 3.8) is 0 Å². The van der Waals surface area contributed by atoms with Crippen molar-refractivity contribution in [1.82, 2.24) is 26.6 Å². The highest BCUT2D eigenvalue weighted by Crippen LogP contribution is 2.35. The van der Waals surface area contributed by atoms with Gasteiger partial charge in [-0.2, -0.15) is 23.5 Å². The van der Waals surface area contributed by atoms with Gasteiger partial charge < -0.3 is 81.3 Å². The number of hydrogen-bond donors (Lipinski definition) is 12. The number of Topliss-reactive ketones (excluding diaryl/α,β-unsaturated/α-hetero) is 1. The van der Waals surface area contributed by atoms with Gasteiger partial charge in [0.05, 0.1) is 49.7 Å². The lowest BCUT2D eigenvalue weighted by Gasteiger charge is -2.46. The van der Waals surface area contributed by atoms with E-state index in [1.165, 1.54) is 42.6 Å². The zero-order valence-corrected chi connectivity index (χ0v) is 48.8. The number of rotatable bonds is 35. The van der Waals surface area contributed by atoms with Crippen molar-refractivity contribution in [2.45, 2.75) is 125 Å². The van der Waals surface area contributed by atoms with E-state index >= 15 is 0 Å². The van der Waals surface area contributed by atoms with Crippen LogP contribution in [-0.4, -0.2) is 212 Å². The number of benzene rings is 3. The van der Waals surface area contributed by atoms with Gasteiger partial charge in [-0.05, 0) is 71.9 Å². The SMILES string of the molecule is CC(=O)N[C@H]1[C@H]([C@H](O)[C@H](O)CNC(=O)/C=C/c2ccccc2)O[C@](C=O)(OCCCSCCNC(=O)c2ccc(C(=O)CCCSCCCO[C@]3(C(=O)O)C[C@H](O)[C@@H](NC(C)=O)[C@H]([C@H](O)[C@@H](O)CNC(=O)/C=C/c4ccccc4)O3)cc2)C[C@@H]1O. The second kappa shape index (κ2) is 35.3. The summed E-state index contributed by atoms with van der Waals surface area (Å²) in [4.78, 5) is 99.8. The Labute approximate surface area is 500 Å². The molecular weight excluding hydrogens is 1150 g/mol. The topological polar surface area (TPSA) is 375 Å². The number of nitrogens with one attached hydrogen (secondary N) is 5. The van der Waals surface area contributed by atoms with Crippen molar-refractivity contribution >= 4 is 83.3 Å². The summed E-state index contributed by atoms with van der Waals surface area (Å²) in [5.41, 5.74) is 2.29. The summed E-state index contributed by atoms with van der Waals surface area (Å²) in [5.74, 6) is -6.78. The third kappa shape index (κ3) is 22.4. The van der Waals surface area contributed by atoms with Crippen molar-refractivity contribution in [3.8, 4) is 0 Å². The first-order chi connectivity index (χ1) is 40.7. The molecule has 0 aromatic heterocycles. The lowest BCUT2D eigenvalue weighted by atomic mass is 9.88. The van der Waals surface area contributed by atoms with Crippen LogP contribution in [0.3, 0.4) is 0 Å². The van der Waals surface area contributed by atoms with E-state index in [0.29, 0.717) is 66.2 Å². The van der Waals surface area contributed by atoms with Gasteiger partial charge in [-0.25, -0.2) is 4.79 Å². The van der Waals surface area contributed by atoms with Crippen molar-refractivity contribution in [2.24, 2.45) is 0 Å². The molecule has 0 aliphatic carbocycles. The lowest BCUT2D eigenvalue weighted by Crippen LogP contribution is -2.68. The number of carbonyl (C=O) groups excluding carboxylic acids is 7. The van der Waals surface area contributed by atoms with E-state index in [1.807, 2.05) is 12.1 Å². The highest BCUT2D eigenvalue weighted by atomic mass is 32.2. The third-order valence-corrected chi connectivity index (χ3v) is 15.8. The van der Waals surface area contributed by atoms with Gasteiger partial charge in [0.25, 0.3) is 11.7 Å². The fourth-order valence-electron chi connectivity index (χ4n) is 9.15. The Balaban J connectivity index is 0.965. The molecule has 464 valence electrons. The van der Waals surface area contributed by atoms with Crippen molar-refractivity contribution < 1.29 is 93.0 Å². The first kappa shape index (κ1) is 69.4. The summed E-state index contributed by atoms with van der Waals surface area (Å²) < 4.78 is 23.3. The largest absolute Gasteiger partial charge is 0.477 e. The molecule has 2 fully saturated rings. The van der Waals surface area contributed by atoms with E-state index in [0.717, 1.165) is 18.1 Å². The number of aliphatic hydroxyl groups is 6. The van der Waals surface area contributed by atoms with Gasteiger partial charge in [-0.1, -0.05) is 72.8 Å². The van der Waals surface area contributed by atoms with Gasteiger partial charge in [0, 0.05) is 81.8 Å². The van der Waals surface area contributed by atoms with Gasteiger partial charge >= 0.3 is 5.97 Å². The Morgan fingerprint density at radius 3 is 1.60 bits per heavy atom. The molecule has 3 aromatic rings. The molecule has 24 nitrogen and oxygen atoms in total. The Hall–Kier alpha value is -6.40. The minimum Gasteiger partial charge on any atom is -0.477 e. The smallest absolute Gasteiger partial charge is 0.364 e. The fraction of sp³-hybridized carbons (Fsp3) is 0.492. The quantitative estimate of drug-likeness (QED) is 0.0167. The fourth-order valence-corrected chi connectivity index (χ4v) is 10.8. The first-order valence-electron chi connectivity index (χ1n) is 27.7. The summed E-state index contributed by atoms with van der Waals surface area (Å²) in [6.07, 6.45) is -6.86. The highest BCUT2D eigenvalue weighted by molar-refractivity contribution is 7.99. The minimum absolute atomic E-state index is 0.0142. The van der Waals surface area contributed by atoms with E-state index in [-0.39, 0.29) is 37.7 Å². The van der Waals surface area contributed by atoms with Crippen LogP contribution in [0.4, 0.5) is 0 Å². The van der Waals surface area contributed by atoms with E-state index in [4.69, 9.17) is 18.9 Å². The summed E-state index contributed by atoms with van der Waals surface area (Å²) in [7, 11) is 0. The maximum absolute atomic E-state index is 13.0. The Morgan fingerprint density at radius 2 is 1.09 bits per heavy atom. The van der Waals surface area contributed by atoms with Crippen LogP contribution in [0.2, 0.25) is 0 Å². The molecule has 2 aliphatic heterocycles. The normalized spacial score (nSPS) is 23.7. The molecule has 0 radical (unpaired) electrons. The molecule has 5 rings (SSSR count). The van der Waals surface area contributed by atoms with E-state index in [1.54, 1.807) is 84.9 Å². The van der Waals surface area contributed by atoms with Crippen LogP contribution in [0.15, 0.2) is 97.1 Å². The van der Waals surface area contributed by atoms with Gasteiger partial charge in [-0.15, -0.1) is 0 Å². The van der Waals surface area contributed by atoms with E-state index in [9.17, 15) is 74.1 Å². The molecule has 3 aromatic carbocycles. The van der Waals surface area contributed by atoms with Crippen molar-refractivity contribution in [3.05, 3.63) is 119 Å². The molecular formula is C59H77N5O19S2. The van der Waals surface area contributed by atoms with Crippen LogP contribution in [0.5, 0.6) is 0 Å². The summed E-state index contributed by atoms with van der Waals surface area (Å²) >= 11 is 2.98. The van der Waals surface area contributed by atoms with E-state index < -0.39 is 122 Å². The average molecular weight is 1220 g/mol. The predicted molar refractivity (Wildman–Crippen MR) is 314 cm³/mol. The molecule has 12 atom stereocenters. The Kier molecular flexibility index (Phi) is 28.8. The molecule has 0 spiro atoms. The summed E-state index contributed by atoms with van der Waals surface area (Å²) in [5, 5.41) is 89.0. The number of amides is 5. The molecule has 85 heavy (non-hydrogen) atoms. The molecule has 0 saturated carbocycles. The second-order valence-electron chi connectivity index (χ2n) is 20.2. The number of aliphatic hydroxyl groups excluding tert-OH is 6. The number of thioether (sulfide) groups is 2. The number of aliphatic carboxylic acids is 1. The van der Waals surface area contributed by atoms with Crippen LogP contribution >= 0.6 is 23.5 Å². The number of hydrogen-bond acceptors (Lipinski definition) is 20. The number of carboxylic acids is 1. The zero-order valence-electron chi connectivity index (χ0n) is 47.2. The maximum atomic E-state index is 13.0. The maximum Gasteiger partial charge on any atom is 0.364 e. The van der Waals surface area contributed by atoms with Crippen LogP contribution in [0, 0.1) is 0 Å². The average Bonchev–Trinajstić information content (AvgIpc) is 3.47. The highest BCUT2D eigenvalue weighted by Gasteiger charge is 2.56. The molecule has 2 saturated heterocycles. The molecule has 5 amide bonds. The third-order valence-electron chi connectivity index (χ3n) is 13.5. The van der Waals surface area contributed by atoms with Crippen molar-refractivity contribution in [1.29, 1.82) is 0 Å². The predicted octanol–water partition coefficient (Wildman–Crippen LogP) is 0.747. The van der Waals surface area contributed by atoms with Gasteiger partial charge in [0.2, 0.25) is 29.4 Å². The number of carbonyl (C=O) groups is 8. The summed E-state index contributed by atoms with van der Waals surface area (Å²) in [6.45, 7) is 1.57. The van der Waals surface area contributed by atoms with Crippen LogP contribution in [0.25, 0.3) is 12.2 Å². The number of aldehydes is 1. The minimum atomic E-state index is -2.46. The Bertz CT molecular complexity index is 2710. The number of ketones is 1. The standard InChI is InChI=1S/C59H77N5O19S2/c1-37(66)63-50-44(69)32-58(36-65,82-54(50)52(75)46(71)34-61-48(73)23-17-39-12-5-3-6-13-39)80-26-10-30-85-31-25-60-56(77)42-21-19-41(20-22-42)43(68)16-9-28-84-29-11-27-81-59(57(78)79)33-45(70)51(64-38(2)67)55(83-59)53(76)47(72)35-62-49(74)24-18-40-14-7-4-8-15-40/h3-8,12-15,17-24,36,44-47,50-55,69-72,75-76H,9-11,16,25-35H2,1-2H3,(H,60,77)(H,61,73)(H,62,74)(H,63,66)(H,64,67)(H,78,79)/b23-17+,24-18+/t44-,45-,46+,47-,50+,51+,52+,53+,54+,55+,58+,59+/m0/s1. The molecule has 2 heterocycles. The van der Waals surface area contributed by atoms with Crippen LogP contribution in [-0.2, 0) is 47.7 Å². The number of carboxylic acid groups (broad SMARTS) is 1. The molecule has 0 unspecified atom stereocenters. The Morgan fingerprint density at radius 1 is 0.624 bits per heavy atom. The molecule has 12 N–H and O–H groups in total. The van der Waals surface area contributed by atoms with Crippen molar-refractivity contribution in [2.75, 3.05) is 55.9 Å². The van der Waals surface area contributed by atoms with Gasteiger partial charge in [-0.3, -0.25) is 33.6 Å². The van der Waals surface area contributed by atoms with Crippen LogP contribution in [0.1, 0.15) is 84.2 Å².